The molecular formula is C13H17N3O2S. The van der Waals surface area contributed by atoms with E-state index in [-0.39, 0.29) is 18.6 Å². The van der Waals surface area contributed by atoms with Gasteiger partial charge in [-0.1, -0.05) is 0 Å². The highest BCUT2D eigenvalue weighted by atomic mass is 32.1. The average molecular weight is 279 g/mol. The van der Waals surface area contributed by atoms with Crippen molar-refractivity contribution >= 4 is 22.2 Å². The number of thiazole rings is 1. The molecule has 1 fully saturated rings. The monoisotopic (exact) mass is 279 g/mol. The number of hydrogen-bond acceptors (Lipinski definition) is 4. The molecule has 3 rings (SSSR count). The van der Waals surface area contributed by atoms with Crippen LogP contribution in [0.25, 0.3) is 4.96 Å². The van der Waals surface area contributed by atoms with Crippen LogP contribution in [0.4, 0.5) is 0 Å². The van der Waals surface area contributed by atoms with E-state index in [0.717, 1.165) is 23.5 Å². The summed E-state index contributed by atoms with van der Waals surface area (Å²) in [5, 5.41) is 14.0. The first-order valence-corrected chi connectivity index (χ1v) is 7.45. The van der Waals surface area contributed by atoms with Gasteiger partial charge in [0, 0.05) is 30.4 Å². The first kappa shape index (κ1) is 12.6. The number of nitrogens with one attached hydrogen (secondary N) is 1. The molecule has 0 aliphatic heterocycles. The lowest BCUT2D eigenvalue weighted by molar-refractivity contribution is -0.121. The van der Waals surface area contributed by atoms with Crippen molar-refractivity contribution in [3.63, 3.8) is 0 Å². The van der Waals surface area contributed by atoms with Crippen molar-refractivity contribution in [2.75, 3.05) is 6.61 Å². The molecule has 5 nitrogen and oxygen atoms in total. The second kappa shape index (κ2) is 5.30. The Morgan fingerprint density at radius 1 is 1.63 bits per heavy atom. The van der Waals surface area contributed by atoms with Gasteiger partial charge in [0.25, 0.3) is 0 Å². The lowest BCUT2D eigenvalue weighted by atomic mass is 10.1. The second-order valence-electron chi connectivity index (χ2n) is 5.03. The Morgan fingerprint density at radius 3 is 3.16 bits per heavy atom. The molecule has 1 aliphatic rings. The summed E-state index contributed by atoms with van der Waals surface area (Å²) >= 11 is 1.56. The van der Waals surface area contributed by atoms with Crippen molar-refractivity contribution in [1.82, 2.24) is 14.7 Å². The molecule has 102 valence electrons. The Morgan fingerprint density at radius 2 is 2.47 bits per heavy atom. The third-order valence-corrected chi connectivity index (χ3v) is 4.23. The lowest BCUT2D eigenvalue weighted by Gasteiger charge is -2.16. The minimum absolute atomic E-state index is 0.00361. The van der Waals surface area contributed by atoms with Gasteiger partial charge in [0.1, 0.15) is 0 Å². The Kier molecular flexibility index (Phi) is 3.52. The normalized spacial score (nSPS) is 16.7. The van der Waals surface area contributed by atoms with E-state index in [1.807, 2.05) is 22.2 Å². The van der Waals surface area contributed by atoms with Crippen molar-refractivity contribution in [2.45, 2.75) is 31.7 Å². The van der Waals surface area contributed by atoms with Crippen LogP contribution in [0, 0.1) is 5.92 Å². The van der Waals surface area contributed by atoms with E-state index in [4.69, 9.17) is 5.11 Å². The quantitative estimate of drug-likeness (QED) is 0.835. The summed E-state index contributed by atoms with van der Waals surface area (Å²) in [5.74, 6) is 0.553. The van der Waals surface area contributed by atoms with E-state index in [1.165, 1.54) is 0 Å². The molecule has 1 atom stereocenters. The minimum Gasteiger partial charge on any atom is -0.396 e. The van der Waals surface area contributed by atoms with Gasteiger partial charge in [-0.05, 0) is 25.2 Å². The Hall–Kier alpha value is -1.40. The van der Waals surface area contributed by atoms with Gasteiger partial charge in [-0.2, -0.15) is 0 Å². The van der Waals surface area contributed by atoms with Crippen LogP contribution in [-0.2, 0) is 11.2 Å². The van der Waals surface area contributed by atoms with E-state index in [9.17, 15) is 4.79 Å². The molecule has 1 saturated carbocycles. The summed E-state index contributed by atoms with van der Waals surface area (Å²) in [7, 11) is 0. The van der Waals surface area contributed by atoms with Gasteiger partial charge in [-0.25, -0.2) is 4.98 Å². The number of carbonyl (C=O) groups is 1. The third-order valence-electron chi connectivity index (χ3n) is 3.46. The Bertz CT molecular complexity index is 545. The number of amides is 1. The Labute approximate surface area is 115 Å². The molecule has 0 radical (unpaired) electrons. The number of aromatic nitrogens is 2. The van der Waals surface area contributed by atoms with Crippen molar-refractivity contribution in [3.05, 3.63) is 23.5 Å². The molecule has 2 heterocycles. The zero-order valence-corrected chi connectivity index (χ0v) is 11.4. The highest BCUT2D eigenvalue weighted by molar-refractivity contribution is 7.15. The maximum Gasteiger partial charge on any atom is 0.226 e. The van der Waals surface area contributed by atoms with Gasteiger partial charge in [0.05, 0.1) is 12.1 Å². The molecule has 1 amide bonds. The van der Waals surface area contributed by atoms with Crippen LogP contribution in [0.15, 0.2) is 17.8 Å². The number of hydrogen-bond donors (Lipinski definition) is 2. The summed E-state index contributed by atoms with van der Waals surface area (Å²) < 4.78 is 1.93. The van der Waals surface area contributed by atoms with Crippen molar-refractivity contribution in [2.24, 2.45) is 5.92 Å². The van der Waals surface area contributed by atoms with Crippen LogP contribution < -0.4 is 5.32 Å². The van der Waals surface area contributed by atoms with E-state index < -0.39 is 0 Å². The second-order valence-corrected chi connectivity index (χ2v) is 5.90. The van der Waals surface area contributed by atoms with Gasteiger partial charge in [-0.3, -0.25) is 9.20 Å². The zero-order chi connectivity index (χ0) is 13.2. The molecule has 2 N–H and O–H groups in total. The molecule has 1 unspecified atom stereocenters. The van der Waals surface area contributed by atoms with Crippen molar-refractivity contribution < 1.29 is 9.90 Å². The molecule has 0 saturated heterocycles. The highest BCUT2D eigenvalue weighted by Gasteiger charge is 2.31. The van der Waals surface area contributed by atoms with Gasteiger partial charge < -0.3 is 10.4 Å². The van der Waals surface area contributed by atoms with Crippen LogP contribution in [0.5, 0.6) is 0 Å². The summed E-state index contributed by atoms with van der Waals surface area (Å²) in [4.78, 5) is 17.3. The summed E-state index contributed by atoms with van der Waals surface area (Å²) in [6.45, 7) is 0.127. The number of carbonyl (C=O) groups excluding carboxylic acids is 1. The SMILES string of the molecule is O=C(Cc1cn2ccsc2n1)NC(CCO)C1CC1. The molecule has 2 aromatic rings. The van der Waals surface area contributed by atoms with Gasteiger partial charge >= 0.3 is 0 Å². The topological polar surface area (TPSA) is 66.6 Å². The fourth-order valence-electron chi connectivity index (χ4n) is 2.35. The van der Waals surface area contributed by atoms with Gasteiger partial charge in [0.15, 0.2) is 4.96 Å². The largest absolute Gasteiger partial charge is 0.396 e. The molecule has 6 heteroatoms. The van der Waals surface area contributed by atoms with E-state index in [1.54, 1.807) is 11.3 Å². The predicted octanol–water partition coefficient (Wildman–Crippen LogP) is 1.22. The van der Waals surface area contributed by atoms with Crippen LogP contribution in [0.1, 0.15) is 25.0 Å². The zero-order valence-electron chi connectivity index (χ0n) is 10.6. The first-order chi connectivity index (χ1) is 9.26. The number of aliphatic hydroxyl groups is 1. The number of fused-ring (bicyclic) bond motifs is 1. The Balaban J connectivity index is 1.59. The van der Waals surface area contributed by atoms with Gasteiger partial charge in [-0.15, -0.1) is 11.3 Å². The maximum absolute atomic E-state index is 12.0. The molecular weight excluding hydrogens is 262 g/mol. The van der Waals surface area contributed by atoms with Crippen LogP contribution in [-0.4, -0.2) is 33.0 Å². The molecule has 19 heavy (non-hydrogen) atoms. The molecule has 1 aliphatic carbocycles. The standard InChI is InChI=1S/C13H17N3O2S/c17-5-3-11(9-1-2-9)15-12(18)7-10-8-16-4-6-19-13(16)14-10/h4,6,8-9,11,17H,1-3,5,7H2,(H,15,18). The minimum atomic E-state index is -0.00361. The third kappa shape index (κ3) is 2.96. The molecule has 0 bridgehead atoms. The summed E-state index contributed by atoms with van der Waals surface area (Å²) in [5.41, 5.74) is 0.794. The van der Waals surface area contributed by atoms with Gasteiger partial charge in [0.2, 0.25) is 5.91 Å². The van der Waals surface area contributed by atoms with Crippen molar-refractivity contribution in [3.8, 4) is 0 Å². The van der Waals surface area contributed by atoms with Crippen molar-refractivity contribution in [1.29, 1.82) is 0 Å². The number of aliphatic hydroxyl groups excluding tert-OH is 1. The molecule has 0 spiro atoms. The average Bonchev–Trinajstić information content (AvgIpc) is 3.01. The smallest absolute Gasteiger partial charge is 0.226 e. The fourth-order valence-corrected chi connectivity index (χ4v) is 3.07. The van der Waals surface area contributed by atoms with Crippen LogP contribution >= 0.6 is 11.3 Å². The highest BCUT2D eigenvalue weighted by Crippen LogP contribution is 2.33. The van der Waals surface area contributed by atoms with Crippen LogP contribution in [0.3, 0.4) is 0 Å². The first-order valence-electron chi connectivity index (χ1n) is 6.57. The predicted molar refractivity (Wildman–Crippen MR) is 73.1 cm³/mol. The summed E-state index contributed by atoms with van der Waals surface area (Å²) in [6, 6.07) is 0.126. The number of nitrogens with zero attached hydrogens (tertiary/aromatic N) is 2. The van der Waals surface area contributed by atoms with E-state index >= 15 is 0 Å². The summed E-state index contributed by atoms with van der Waals surface area (Å²) in [6.07, 6.45) is 7.10. The number of rotatable bonds is 6. The molecule has 2 aromatic heterocycles. The maximum atomic E-state index is 12.0. The molecule has 0 aromatic carbocycles. The van der Waals surface area contributed by atoms with E-state index in [0.29, 0.717) is 18.8 Å². The van der Waals surface area contributed by atoms with E-state index in [2.05, 4.69) is 10.3 Å². The van der Waals surface area contributed by atoms with Crippen LogP contribution in [0.2, 0.25) is 0 Å². The number of imidazole rings is 1. The lowest BCUT2D eigenvalue weighted by Crippen LogP contribution is -2.38. The fraction of sp³-hybridized carbons (Fsp3) is 0.538.